The van der Waals surface area contributed by atoms with Crippen molar-refractivity contribution in [3.05, 3.63) is 46.4 Å². The van der Waals surface area contributed by atoms with E-state index in [-0.39, 0.29) is 24.0 Å². The van der Waals surface area contributed by atoms with Gasteiger partial charge in [0.25, 0.3) is 0 Å². The van der Waals surface area contributed by atoms with Gasteiger partial charge in [0.05, 0.1) is 17.2 Å². The second kappa shape index (κ2) is 12.1. The third kappa shape index (κ3) is 7.49. The number of halogens is 1. The van der Waals surface area contributed by atoms with Gasteiger partial charge in [-0.25, -0.2) is 4.98 Å². The molecule has 0 saturated heterocycles. The van der Waals surface area contributed by atoms with Crippen molar-refractivity contribution in [3.63, 3.8) is 0 Å². The van der Waals surface area contributed by atoms with Crippen molar-refractivity contribution in [2.24, 2.45) is 4.99 Å². The summed E-state index contributed by atoms with van der Waals surface area (Å²) in [5.74, 6) is 2.26. The highest BCUT2D eigenvalue weighted by Gasteiger charge is 2.08. The molecule has 1 N–H and O–H groups in total. The van der Waals surface area contributed by atoms with Crippen molar-refractivity contribution in [2.75, 3.05) is 33.8 Å². The number of rotatable bonds is 8. The number of benzene rings is 1. The average Bonchev–Trinajstić information content (AvgIpc) is 3.09. The molecular weight excluding hydrogens is 459 g/mol. The van der Waals surface area contributed by atoms with Crippen molar-refractivity contribution < 1.29 is 4.74 Å². The molecule has 0 radical (unpaired) electrons. The smallest absolute Gasteiger partial charge is 0.193 e. The molecule has 5 nitrogen and oxygen atoms in total. The molecule has 1 aromatic carbocycles. The second-order valence-electron chi connectivity index (χ2n) is 6.14. The van der Waals surface area contributed by atoms with Gasteiger partial charge in [-0.05, 0) is 12.1 Å². The van der Waals surface area contributed by atoms with Gasteiger partial charge in [-0.3, -0.25) is 4.99 Å². The van der Waals surface area contributed by atoms with Gasteiger partial charge >= 0.3 is 0 Å². The van der Waals surface area contributed by atoms with Crippen LogP contribution in [0.25, 0.3) is 0 Å². The van der Waals surface area contributed by atoms with E-state index in [1.807, 2.05) is 37.4 Å². The first-order chi connectivity index (χ1) is 12.1. The van der Waals surface area contributed by atoms with Crippen molar-refractivity contribution >= 4 is 41.3 Å². The van der Waals surface area contributed by atoms with Crippen LogP contribution in [-0.2, 0) is 6.42 Å². The first kappa shape index (κ1) is 22.7. The lowest BCUT2D eigenvalue weighted by Gasteiger charge is -2.22. The Hall–Kier alpha value is -1.35. The summed E-state index contributed by atoms with van der Waals surface area (Å²) in [6, 6.07) is 9.86. The van der Waals surface area contributed by atoms with Crippen LogP contribution in [0.4, 0.5) is 0 Å². The zero-order valence-electron chi connectivity index (χ0n) is 15.9. The number of para-hydroxylation sites is 1. The summed E-state index contributed by atoms with van der Waals surface area (Å²) in [4.78, 5) is 11.1. The Kier molecular flexibility index (Phi) is 10.6. The predicted molar refractivity (Wildman–Crippen MR) is 121 cm³/mol. The topological polar surface area (TPSA) is 49.8 Å². The van der Waals surface area contributed by atoms with E-state index in [9.17, 15) is 0 Å². The Morgan fingerprint density at radius 1 is 1.31 bits per heavy atom. The van der Waals surface area contributed by atoms with E-state index in [4.69, 9.17) is 4.74 Å². The minimum atomic E-state index is 0. The van der Waals surface area contributed by atoms with Crippen LogP contribution >= 0.6 is 35.3 Å². The Morgan fingerprint density at radius 2 is 2.04 bits per heavy atom. The summed E-state index contributed by atoms with van der Waals surface area (Å²) in [6.45, 7) is 6.55. The minimum absolute atomic E-state index is 0. The van der Waals surface area contributed by atoms with Gasteiger partial charge in [0.15, 0.2) is 5.96 Å². The first-order valence-corrected chi connectivity index (χ1v) is 9.52. The number of likely N-dealkylation sites (N-methyl/N-ethyl adjacent to an activating group) is 1. The van der Waals surface area contributed by atoms with E-state index < -0.39 is 0 Å². The Morgan fingerprint density at radius 3 is 2.65 bits per heavy atom. The molecule has 0 atom stereocenters. The van der Waals surface area contributed by atoms with Gasteiger partial charge in [-0.1, -0.05) is 32.0 Å². The quantitative estimate of drug-likeness (QED) is 0.347. The number of nitrogens with one attached hydrogen (secondary N) is 1. The molecule has 0 spiro atoms. The second-order valence-corrected chi connectivity index (χ2v) is 7.03. The number of ether oxygens (including phenoxy) is 1. The van der Waals surface area contributed by atoms with Crippen molar-refractivity contribution in [1.29, 1.82) is 0 Å². The molecule has 2 aromatic rings. The van der Waals surface area contributed by atoms with Gasteiger partial charge < -0.3 is 15.0 Å². The lowest BCUT2D eigenvalue weighted by atomic mass is 10.2. The van der Waals surface area contributed by atoms with E-state index in [1.54, 1.807) is 18.4 Å². The van der Waals surface area contributed by atoms with Crippen LogP contribution in [0, 0.1) is 0 Å². The maximum Gasteiger partial charge on any atom is 0.193 e. The monoisotopic (exact) mass is 488 g/mol. The van der Waals surface area contributed by atoms with E-state index in [1.165, 1.54) is 5.01 Å². The Bertz CT molecular complexity index is 661. The van der Waals surface area contributed by atoms with E-state index >= 15 is 0 Å². The summed E-state index contributed by atoms with van der Waals surface area (Å²) in [5, 5.41) is 6.74. The van der Waals surface area contributed by atoms with Crippen LogP contribution in [0.1, 0.15) is 30.5 Å². The maximum absolute atomic E-state index is 5.74. The fourth-order valence-corrected chi connectivity index (χ4v) is 3.18. The number of hydrogen-bond acceptors (Lipinski definition) is 4. The highest BCUT2D eigenvalue weighted by Crippen LogP contribution is 2.19. The van der Waals surface area contributed by atoms with Gasteiger partial charge in [-0.15, -0.1) is 35.3 Å². The number of nitrogens with zero attached hydrogens (tertiary/aromatic N) is 3. The molecule has 0 unspecified atom stereocenters. The average molecular weight is 488 g/mol. The molecular formula is C19H29IN4OS. The van der Waals surface area contributed by atoms with Gasteiger partial charge in [0.2, 0.25) is 0 Å². The lowest BCUT2D eigenvalue weighted by Crippen LogP contribution is -2.41. The molecule has 0 bridgehead atoms. The minimum Gasteiger partial charge on any atom is -0.492 e. The van der Waals surface area contributed by atoms with E-state index in [0.717, 1.165) is 36.9 Å². The number of aromatic nitrogens is 1. The molecule has 0 fully saturated rings. The van der Waals surface area contributed by atoms with Crippen molar-refractivity contribution in [3.8, 4) is 5.75 Å². The van der Waals surface area contributed by atoms with Crippen LogP contribution in [0.2, 0.25) is 0 Å². The Labute approximate surface area is 177 Å². The Balaban J connectivity index is 0.00000338. The molecule has 0 aliphatic carbocycles. The molecule has 144 valence electrons. The van der Waals surface area contributed by atoms with Gasteiger partial charge in [0.1, 0.15) is 12.4 Å². The summed E-state index contributed by atoms with van der Waals surface area (Å²) >= 11 is 1.74. The first-order valence-electron chi connectivity index (χ1n) is 8.64. The van der Waals surface area contributed by atoms with Crippen molar-refractivity contribution in [1.82, 2.24) is 15.2 Å². The van der Waals surface area contributed by atoms with Crippen molar-refractivity contribution in [2.45, 2.75) is 26.2 Å². The normalized spacial score (nSPS) is 11.2. The molecule has 7 heteroatoms. The molecule has 2 rings (SSSR count). The molecule has 0 aliphatic rings. The lowest BCUT2D eigenvalue weighted by molar-refractivity contribution is 0.281. The highest BCUT2D eigenvalue weighted by atomic mass is 127. The van der Waals surface area contributed by atoms with Crippen LogP contribution in [0.15, 0.2) is 40.7 Å². The zero-order valence-corrected chi connectivity index (χ0v) is 19.1. The third-order valence-electron chi connectivity index (χ3n) is 3.74. The molecule has 1 heterocycles. The predicted octanol–water partition coefficient (Wildman–Crippen LogP) is 4.01. The SMILES string of the molecule is CN=C(NCCc1csc(C(C)C)n1)N(C)CCOc1ccccc1.I. The highest BCUT2D eigenvalue weighted by molar-refractivity contribution is 14.0. The summed E-state index contributed by atoms with van der Waals surface area (Å²) in [7, 11) is 3.82. The molecule has 26 heavy (non-hydrogen) atoms. The number of guanidine groups is 1. The molecule has 0 amide bonds. The van der Waals surface area contributed by atoms with Crippen LogP contribution in [-0.4, -0.2) is 49.6 Å². The summed E-state index contributed by atoms with van der Waals surface area (Å²) in [5.41, 5.74) is 1.15. The summed E-state index contributed by atoms with van der Waals surface area (Å²) < 4.78 is 5.74. The number of thiazole rings is 1. The number of aliphatic imine (C=N–C) groups is 1. The molecule has 0 aliphatic heterocycles. The largest absolute Gasteiger partial charge is 0.492 e. The van der Waals surface area contributed by atoms with Crippen LogP contribution < -0.4 is 10.1 Å². The standard InChI is InChI=1S/C19H28N4OS.HI/c1-15(2)18-22-16(14-25-18)10-11-21-19(20-3)23(4)12-13-24-17-8-6-5-7-9-17;/h5-9,14-15H,10-13H2,1-4H3,(H,20,21);1H. The van der Waals surface area contributed by atoms with E-state index in [0.29, 0.717) is 12.5 Å². The number of hydrogen-bond donors (Lipinski definition) is 1. The molecule has 1 aromatic heterocycles. The van der Waals surface area contributed by atoms with Crippen LogP contribution in [0.5, 0.6) is 5.75 Å². The molecule has 0 saturated carbocycles. The van der Waals surface area contributed by atoms with Gasteiger partial charge in [-0.2, -0.15) is 0 Å². The third-order valence-corrected chi connectivity index (χ3v) is 4.93. The van der Waals surface area contributed by atoms with E-state index in [2.05, 4.69) is 39.4 Å². The van der Waals surface area contributed by atoms with Gasteiger partial charge in [0, 0.05) is 38.4 Å². The zero-order chi connectivity index (χ0) is 18.1. The van der Waals surface area contributed by atoms with Crippen LogP contribution in [0.3, 0.4) is 0 Å². The fraction of sp³-hybridized carbons (Fsp3) is 0.474. The maximum atomic E-state index is 5.74. The summed E-state index contributed by atoms with van der Waals surface area (Å²) in [6.07, 6.45) is 0.899. The fourth-order valence-electron chi connectivity index (χ4n) is 2.31.